The van der Waals surface area contributed by atoms with Gasteiger partial charge in [-0.1, -0.05) is 48.5 Å². The molecule has 0 saturated heterocycles. The number of rotatable bonds is 6. The van der Waals surface area contributed by atoms with Crippen LogP contribution in [-0.4, -0.2) is 18.5 Å². The second-order valence-electron chi connectivity index (χ2n) is 6.38. The Kier molecular flexibility index (Phi) is 6.31. The molecule has 2 rings (SSSR count). The summed E-state index contributed by atoms with van der Waals surface area (Å²) in [5.41, 5.74) is 0.671. The van der Waals surface area contributed by atoms with Gasteiger partial charge in [-0.05, 0) is 31.5 Å². The Morgan fingerprint density at radius 2 is 1.52 bits per heavy atom. The summed E-state index contributed by atoms with van der Waals surface area (Å²) < 4.78 is 5.71. The second kappa shape index (κ2) is 8.44. The Morgan fingerprint density at radius 3 is 2.08 bits per heavy atom. The summed E-state index contributed by atoms with van der Waals surface area (Å²) in [5, 5.41) is 1.04. The third-order valence-corrected chi connectivity index (χ3v) is 3.55. The first-order chi connectivity index (χ1) is 11.9. The van der Waals surface area contributed by atoms with Gasteiger partial charge in [0.15, 0.2) is 0 Å². The van der Waals surface area contributed by atoms with E-state index < -0.39 is 11.4 Å². The highest BCUT2D eigenvalue weighted by Crippen LogP contribution is 2.25. The Labute approximate surface area is 148 Å². The maximum atomic E-state index is 12.9. The van der Waals surface area contributed by atoms with Crippen molar-refractivity contribution in [3.63, 3.8) is 0 Å². The van der Waals surface area contributed by atoms with E-state index in [9.17, 15) is 9.59 Å². The van der Waals surface area contributed by atoms with Crippen LogP contribution in [0.4, 0.5) is 5.69 Å². The first-order valence-electron chi connectivity index (χ1n) is 8.10. The molecule has 0 unspecified atom stereocenters. The van der Waals surface area contributed by atoms with Crippen molar-refractivity contribution in [3.05, 3.63) is 66.2 Å². The summed E-state index contributed by atoms with van der Waals surface area (Å²) in [6.07, 6.45) is 0. The first kappa shape index (κ1) is 18.7. The molecule has 0 spiro atoms. The molecule has 5 heteroatoms. The minimum atomic E-state index is -0.861. The minimum Gasteiger partial charge on any atom is -0.376 e. The molecule has 0 aliphatic carbocycles. The lowest BCUT2D eigenvalue weighted by Gasteiger charge is -2.30. The van der Waals surface area contributed by atoms with Crippen LogP contribution >= 0.6 is 0 Å². The SMILES string of the molecule is CC(=O)ON(C(=O)C(C)(C)COCc1ccccc1)c1ccccc1. The maximum absolute atomic E-state index is 12.9. The molecule has 0 atom stereocenters. The fourth-order valence-electron chi connectivity index (χ4n) is 2.24. The van der Waals surface area contributed by atoms with Gasteiger partial charge >= 0.3 is 5.97 Å². The van der Waals surface area contributed by atoms with E-state index in [1.165, 1.54) is 6.92 Å². The molecule has 2 aromatic rings. The third-order valence-electron chi connectivity index (χ3n) is 3.55. The van der Waals surface area contributed by atoms with Gasteiger partial charge < -0.3 is 9.57 Å². The zero-order valence-corrected chi connectivity index (χ0v) is 14.8. The first-order valence-corrected chi connectivity index (χ1v) is 8.10. The van der Waals surface area contributed by atoms with Crippen LogP contribution in [0.3, 0.4) is 0 Å². The summed E-state index contributed by atoms with van der Waals surface area (Å²) in [6.45, 7) is 5.41. The smallest absolute Gasteiger partial charge is 0.330 e. The molecule has 2 aromatic carbocycles. The van der Waals surface area contributed by atoms with Gasteiger partial charge in [-0.15, -0.1) is 5.06 Å². The minimum absolute atomic E-state index is 0.200. The van der Waals surface area contributed by atoms with E-state index >= 15 is 0 Å². The van der Waals surface area contributed by atoms with Crippen molar-refractivity contribution in [2.24, 2.45) is 5.41 Å². The largest absolute Gasteiger partial charge is 0.376 e. The van der Waals surface area contributed by atoms with Crippen LogP contribution in [0.1, 0.15) is 26.3 Å². The Balaban J connectivity index is 2.06. The van der Waals surface area contributed by atoms with Crippen molar-refractivity contribution >= 4 is 17.6 Å². The summed E-state index contributed by atoms with van der Waals surface area (Å²) >= 11 is 0. The number of hydrogen-bond acceptors (Lipinski definition) is 4. The number of hydroxylamine groups is 1. The predicted octanol–water partition coefficient (Wildman–Crippen LogP) is 3.74. The molecular weight excluding hydrogens is 318 g/mol. The van der Waals surface area contributed by atoms with Gasteiger partial charge in [0.2, 0.25) is 0 Å². The summed E-state index contributed by atoms with van der Waals surface area (Å²) in [7, 11) is 0. The van der Waals surface area contributed by atoms with Crippen molar-refractivity contribution < 1.29 is 19.2 Å². The van der Waals surface area contributed by atoms with Gasteiger partial charge in [-0.3, -0.25) is 4.79 Å². The summed E-state index contributed by atoms with van der Waals surface area (Å²) in [5.74, 6) is -0.903. The average Bonchev–Trinajstić information content (AvgIpc) is 2.60. The number of amides is 1. The molecule has 0 aliphatic rings. The van der Waals surface area contributed by atoms with Crippen molar-refractivity contribution in [2.75, 3.05) is 11.7 Å². The van der Waals surface area contributed by atoms with Gasteiger partial charge in [-0.2, -0.15) is 0 Å². The molecule has 0 aliphatic heterocycles. The predicted molar refractivity (Wildman–Crippen MR) is 95.6 cm³/mol. The molecule has 132 valence electrons. The highest BCUT2D eigenvalue weighted by molar-refractivity contribution is 5.96. The molecule has 25 heavy (non-hydrogen) atoms. The highest BCUT2D eigenvalue weighted by Gasteiger charge is 2.35. The Hall–Kier alpha value is -2.66. The van der Waals surface area contributed by atoms with E-state index in [1.807, 2.05) is 36.4 Å². The summed E-state index contributed by atoms with van der Waals surface area (Å²) in [6, 6.07) is 18.5. The van der Waals surface area contributed by atoms with E-state index in [4.69, 9.17) is 9.57 Å². The standard InChI is InChI=1S/C20H23NO4/c1-16(22)25-21(18-12-8-5-9-13-18)19(23)20(2,3)15-24-14-17-10-6-4-7-11-17/h4-13H,14-15H2,1-3H3. The zero-order chi connectivity index (χ0) is 18.3. The quantitative estimate of drug-likeness (QED) is 0.751. The van der Waals surface area contributed by atoms with Crippen LogP contribution in [0.5, 0.6) is 0 Å². The van der Waals surface area contributed by atoms with Crippen LogP contribution in [0.15, 0.2) is 60.7 Å². The van der Waals surface area contributed by atoms with Crippen LogP contribution in [0.25, 0.3) is 0 Å². The van der Waals surface area contributed by atoms with Crippen molar-refractivity contribution in [2.45, 2.75) is 27.4 Å². The number of carbonyl (C=O) groups is 2. The number of hydrogen-bond donors (Lipinski definition) is 0. The molecule has 1 amide bonds. The lowest BCUT2D eigenvalue weighted by Crippen LogP contribution is -2.44. The van der Waals surface area contributed by atoms with Crippen molar-refractivity contribution in [3.8, 4) is 0 Å². The van der Waals surface area contributed by atoms with E-state index in [0.717, 1.165) is 10.6 Å². The number of anilines is 1. The van der Waals surface area contributed by atoms with Gasteiger partial charge in [0.1, 0.15) is 0 Å². The fourth-order valence-corrected chi connectivity index (χ4v) is 2.24. The van der Waals surface area contributed by atoms with E-state index in [0.29, 0.717) is 12.3 Å². The highest BCUT2D eigenvalue weighted by atomic mass is 16.7. The van der Waals surface area contributed by atoms with Gasteiger partial charge in [-0.25, -0.2) is 4.79 Å². The molecule has 5 nitrogen and oxygen atoms in total. The molecule has 0 fully saturated rings. The normalized spacial score (nSPS) is 11.0. The number of nitrogens with zero attached hydrogens (tertiary/aromatic N) is 1. The van der Waals surface area contributed by atoms with Crippen LogP contribution in [0.2, 0.25) is 0 Å². The number of ether oxygens (including phenoxy) is 1. The lowest BCUT2D eigenvalue weighted by atomic mass is 9.93. The molecule has 0 saturated carbocycles. The van der Waals surface area contributed by atoms with E-state index in [2.05, 4.69) is 0 Å². The molecule has 0 radical (unpaired) electrons. The zero-order valence-electron chi connectivity index (χ0n) is 14.8. The Bertz CT molecular complexity index is 698. The monoisotopic (exact) mass is 341 g/mol. The van der Waals surface area contributed by atoms with E-state index in [-0.39, 0.29) is 12.5 Å². The summed E-state index contributed by atoms with van der Waals surface area (Å²) in [4.78, 5) is 29.5. The van der Waals surface area contributed by atoms with Crippen molar-refractivity contribution in [1.82, 2.24) is 0 Å². The number of benzene rings is 2. The number of para-hydroxylation sites is 1. The molecule has 0 N–H and O–H groups in total. The second-order valence-corrected chi connectivity index (χ2v) is 6.38. The fraction of sp³-hybridized carbons (Fsp3) is 0.300. The number of carbonyl (C=O) groups excluding carboxylic acids is 2. The molecule has 0 heterocycles. The Morgan fingerprint density at radius 1 is 0.960 bits per heavy atom. The molecule has 0 bridgehead atoms. The van der Waals surface area contributed by atoms with Crippen LogP contribution < -0.4 is 5.06 Å². The molecule has 0 aromatic heterocycles. The van der Waals surface area contributed by atoms with Crippen LogP contribution in [0, 0.1) is 5.41 Å². The van der Waals surface area contributed by atoms with Crippen LogP contribution in [-0.2, 0) is 25.8 Å². The third kappa shape index (κ3) is 5.43. The van der Waals surface area contributed by atoms with Gasteiger partial charge in [0.25, 0.3) is 5.91 Å². The molecular formula is C20H23NO4. The van der Waals surface area contributed by atoms with Gasteiger partial charge in [0, 0.05) is 6.92 Å². The average molecular weight is 341 g/mol. The van der Waals surface area contributed by atoms with E-state index in [1.54, 1.807) is 38.1 Å². The van der Waals surface area contributed by atoms with Crippen molar-refractivity contribution in [1.29, 1.82) is 0 Å². The van der Waals surface area contributed by atoms with Gasteiger partial charge in [0.05, 0.1) is 24.3 Å². The maximum Gasteiger partial charge on any atom is 0.330 e. The topological polar surface area (TPSA) is 55.8 Å². The lowest BCUT2D eigenvalue weighted by molar-refractivity contribution is -0.152.